The fraction of sp³-hybridized carbons (Fsp3) is 0.857. The van der Waals surface area contributed by atoms with Crippen molar-refractivity contribution in [3.05, 3.63) is 0 Å². The molecule has 0 aliphatic carbocycles. The molecule has 0 bridgehead atoms. The van der Waals surface area contributed by atoms with Gasteiger partial charge in [-0.2, -0.15) is 0 Å². The summed E-state index contributed by atoms with van der Waals surface area (Å²) in [4.78, 5) is 27.2. The number of nitrogens with zero attached hydrogens (tertiary/aromatic N) is 2. The second-order valence-corrected chi connectivity index (χ2v) is 6.17. The Morgan fingerprint density at radius 3 is 2.20 bits per heavy atom. The Morgan fingerprint density at radius 1 is 1.10 bits per heavy atom. The van der Waals surface area contributed by atoms with E-state index in [1.807, 2.05) is 30.6 Å². The number of ether oxygens (including phenoxy) is 1. The minimum absolute atomic E-state index is 0.0620. The number of carbonyl (C=O) groups is 2. The van der Waals surface area contributed by atoms with Crippen LogP contribution in [0.3, 0.4) is 0 Å². The zero-order valence-corrected chi connectivity index (χ0v) is 12.4. The molecule has 6 heteroatoms. The van der Waals surface area contributed by atoms with Gasteiger partial charge in [-0.05, 0) is 19.8 Å². The van der Waals surface area contributed by atoms with Crippen LogP contribution in [0.2, 0.25) is 0 Å². The van der Waals surface area contributed by atoms with Crippen LogP contribution in [-0.2, 0) is 14.3 Å². The number of hydrogen-bond acceptors (Lipinski definition) is 4. The SMILES string of the molecule is CC1CN(C(=O)CN2CC(C)C(C(=O)O)C2)CC(C)O1. The molecule has 0 spiro atoms. The normalized spacial score (nSPS) is 35.2. The topological polar surface area (TPSA) is 70.1 Å². The first kappa shape index (κ1) is 15.3. The fourth-order valence-corrected chi connectivity index (χ4v) is 3.19. The van der Waals surface area contributed by atoms with E-state index in [-0.39, 0.29) is 30.0 Å². The van der Waals surface area contributed by atoms with Gasteiger partial charge in [0, 0.05) is 26.2 Å². The average Bonchev–Trinajstić information content (AvgIpc) is 2.69. The second-order valence-electron chi connectivity index (χ2n) is 6.17. The van der Waals surface area contributed by atoms with Gasteiger partial charge in [0.15, 0.2) is 0 Å². The third-order valence-corrected chi connectivity index (χ3v) is 4.14. The van der Waals surface area contributed by atoms with Crippen molar-refractivity contribution in [2.75, 3.05) is 32.7 Å². The predicted octanol–water partition coefficient (Wildman–Crippen LogP) is 0.275. The lowest BCUT2D eigenvalue weighted by Gasteiger charge is -2.36. The number of carboxylic acids is 1. The minimum atomic E-state index is -0.763. The van der Waals surface area contributed by atoms with Gasteiger partial charge >= 0.3 is 5.97 Å². The van der Waals surface area contributed by atoms with Gasteiger partial charge in [-0.1, -0.05) is 6.92 Å². The molecule has 2 rings (SSSR count). The third-order valence-electron chi connectivity index (χ3n) is 4.14. The van der Waals surface area contributed by atoms with Crippen LogP contribution in [0.5, 0.6) is 0 Å². The number of rotatable bonds is 3. The number of hydrogen-bond donors (Lipinski definition) is 1. The number of carboxylic acid groups (broad SMARTS) is 1. The Balaban J connectivity index is 1.87. The Kier molecular flexibility index (Phi) is 4.65. The molecule has 0 aromatic rings. The Hall–Kier alpha value is -1.14. The second kappa shape index (κ2) is 6.10. The van der Waals surface area contributed by atoms with Crippen molar-refractivity contribution in [1.29, 1.82) is 0 Å². The number of likely N-dealkylation sites (tertiary alicyclic amines) is 1. The molecule has 2 fully saturated rings. The lowest BCUT2D eigenvalue weighted by atomic mass is 9.99. The molecule has 2 saturated heterocycles. The van der Waals surface area contributed by atoms with E-state index >= 15 is 0 Å². The van der Waals surface area contributed by atoms with Crippen molar-refractivity contribution in [3.8, 4) is 0 Å². The smallest absolute Gasteiger partial charge is 0.308 e. The van der Waals surface area contributed by atoms with Crippen molar-refractivity contribution < 1.29 is 19.4 Å². The lowest BCUT2D eigenvalue weighted by molar-refractivity contribution is -0.145. The van der Waals surface area contributed by atoms with Crippen LogP contribution in [0.25, 0.3) is 0 Å². The molecule has 0 aromatic carbocycles. The molecule has 20 heavy (non-hydrogen) atoms. The van der Waals surface area contributed by atoms with Gasteiger partial charge in [-0.15, -0.1) is 0 Å². The maximum absolute atomic E-state index is 12.3. The molecule has 0 saturated carbocycles. The summed E-state index contributed by atoms with van der Waals surface area (Å²) in [6.07, 6.45) is 0.124. The van der Waals surface area contributed by atoms with E-state index in [2.05, 4.69) is 0 Å². The molecular weight excluding hydrogens is 260 g/mol. The molecule has 0 aromatic heterocycles. The first-order valence-corrected chi connectivity index (χ1v) is 7.25. The first-order valence-electron chi connectivity index (χ1n) is 7.25. The van der Waals surface area contributed by atoms with Crippen molar-refractivity contribution in [2.45, 2.75) is 33.0 Å². The molecule has 2 aliphatic heterocycles. The lowest BCUT2D eigenvalue weighted by Crippen LogP contribution is -2.50. The fourth-order valence-electron chi connectivity index (χ4n) is 3.19. The summed E-state index contributed by atoms with van der Waals surface area (Å²) in [7, 11) is 0. The van der Waals surface area contributed by atoms with Gasteiger partial charge in [-0.3, -0.25) is 14.5 Å². The summed E-state index contributed by atoms with van der Waals surface area (Å²) in [5.41, 5.74) is 0. The van der Waals surface area contributed by atoms with Gasteiger partial charge in [-0.25, -0.2) is 0 Å². The summed E-state index contributed by atoms with van der Waals surface area (Å²) in [5.74, 6) is -0.945. The van der Waals surface area contributed by atoms with E-state index in [1.54, 1.807) is 0 Å². The highest BCUT2D eigenvalue weighted by atomic mass is 16.5. The van der Waals surface area contributed by atoms with Crippen molar-refractivity contribution in [1.82, 2.24) is 9.80 Å². The quantitative estimate of drug-likeness (QED) is 0.806. The van der Waals surface area contributed by atoms with Crippen molar-refractivity contribution >= 4 is 11.9 Å². The van der Waals surface area contributed by atoms with Crippen LogP contribution in [-0.4, -0.2) is 71.7 Å². The van der Waals surface area contributed by atoms with Crippen LogP contribution in [0.4, 0.5) is 0 Å². The molecule has 1 N–H and O–H groups in total. The molecule has 6 nitrogen and oxygen atoms in total. The zero-order chi connectivity index (χ0) is 14.9. The Labute approximate surface area is 119 Å². The van der Waals surface area contributed by atoms with Crippen LogP contribution in [0.1, 0.15) is 20.8 Å². The average molecular weight is 284 g/mol. The summed E-state index contributed by atoms with van der Waals surface area (Å²) in [6.45, 7) is 8.57. The number of carbonyl (C=O) groups excluding carboxylic acids is 1. The van der Waals surface area contributed by atoms with Gasteiger partial charge in [0.1, 0.15) is 0 Å². The molecule has 4 atom stereocenters. The largest absolute Gasteiger partial charge is 0.481 e. The molecule has 2 heterocycles. The maximum atomic E-state index is 12.3. The van der Waals surface area contributed by atoms with E-state index in [1.165, 1.54) is 0 Å². The van der Waals surface area contributed by atoms with E-state index in [4.69, 9.17) is 9.84 Å². The standard InChI is InChI=1S/C14H24N2O4/c1-9-4-15(7-12(9)14(18)19)8-13(17)16-5-10(2)20-11(3)6-16/h9-12H,4-8H2,1-3H3,(H,18,19). The minimum Gasteiger partial charge on any atom is -0.481 e. The molecule has 2 aliphatic rings. The summed E-state index contributed by atoms with van der Waals surface area (Å²) >= 11 is 0. The van der Waals surface area contributed by atoms with Crippen LogP contribution < -0.4 is 0 Å². The van der Waals surface area contributed by atoms with E-state index in [0.717, 1.165) is 0 Å². The number of amides is 1. The monoisotopic (exact) mass is 284 g/mol. The maximum Gasteiger partial charge on any atom is 0.308 e. The highest BCUT2D eigenvalue weighted by Gasteiger charge is 2.36. The highest BCUT2D eigenvalue weighted by Crippen LogP contribution is 2.23. The van der Waals surface area contributed by atoms with E-state index in [0.29, 0.717) is 32.7 Å². The van der Waals surface area contributed by atoms with Crippen LogP contribution in [0, 0.1) is 11.8 Å². The van der Waals surface area contributed by atoms with Crippen LogP contribution >= 0.6 is 0 Å². The first-order chi connectivity index (χ1) is 9.36. The number of aliphatic carboxylic acids is 1. The zero-order valence-electron chi connectivity index (χ0n) is 12.4. The predicted molar refractivity (Wildman–Crippen MR) is 73.3 cm³/mol. The molecule has 4 unspecified atom stereocenters. The molecule has 114 valence electrons. The van der Waals surface area contributed by atoms with Gasteiger partial charge in [0.05, 0.1) is 24.7 Å². The molecular formula is C14H24N2O4. The summed E-state index contributed by atoms with van der Waals surface area (Å²) < 4.78 is 5.62. The number of morpholine rings is 1. The van der Waals surface area contributed by atoms with Gasteiger partial charge in [0.2, 0.25) is 5.91 Å². The van der Waals surface area contributed by atoms with Gasteiger partial charge in [0.25, 0.3) is 0 Å². The summed E-state index contributed by atoms with van der Waals surface area (Å²) in [5, 5.41) is 9.12. The summed E-state index contributed by atoms with van der Waals surface area (Å²) in [6, 6.07) is 0. The van der Waals surface area contributed by atoms with Crippen LogP contribution in [0.15, 0.2) is 0 Å². The Bertz CT molecular complexity index is 377. The third kappa shape index (κ3) is 3.49. The van der Waals surface area contributed by atoms with Crippen molar-refractivity contribution in [2.24, 2.45) is 11.8 Å². The Morgan fingerprint density at radius 2 is 1.70 bits per heavy atom. The molecule has 0 radical (unpaired) electrons. The van der Waals surface area contributed by atoms with Gasteiger partial charge < -0.3 is 14.7 Å². The highest BCUT2D eigenvalue weighted by molar-refractivity contribution is 5.79. The van der Waals surface area contributed by atoms with E-state index < -0.39 is 5.97 Å². The van der Waals surface area contributed by atoms with Crippen molar-refractivity contribution in [3.63, 3.8) is 0 Å². The van der Waals surface area contributed by atoms with E-state index in [9.17, 15) is 9.59 Å². The molecule has 1 amide bonds.